The maximum Gasteiger partial charge on any atom is 0.280 e. The maximum atomic E-state index is 13.5. The highest BCUT2D eigenvalue weighted by Gasteiger charge is 2.38. The van der Waals surface area contributed by atoms with E-state index in [0.29, 0.717) is 11.4 Å². The summed E-state index contributed by atoms with van der Waals surface area (Å²) < 4.78 is 9.41. The molecule has 1 atom stereocenters. The Morgan fingerprint density at radius 3 is 2.57 bits per heavy atom. The van der Waals surface area contributed by atoms with Gasteiger partial charge in [-0.25, -0.2) is 0 Å². The van der Waals surface area contributed by atoms with E-state index in [1.807, 2.05) is 52.8 Å². The molecule has 0 fully saturated rings. The summed E-state index contributed by atoms with van der Waals surface area (Å²) in [6.07, 6.45) is 2.23. The van der Waals surface area contributed by atoms with Crippen molar-refractivity contribution in [1.82, 2.24) is 14.9 Å². The number of anilines is 1. The topological polar surface area (TPSA) is 88.3 Å². The number of aryl methyl sites for hydroxylation is 2. The van der Waals surface area contributed by atoms with E-state index < -0.39 is 17.5 Å². The summed E-state index contributed by atoms with van der Waals surface area (Å²) in [5.74, 6) is -0.376. The summed E-state index contributed by atoms with van der Waals surface area (Å²) in [7, 11) is 0. The van der Waals surface area contributed by atoms with Crippen molar-refractivity contribution in [3.8, 4) is 0 Å². The normalized spacial score (nSPS) is 12.4. The van der Waals surface area contributed by atoms with E-state index in [0.717, 1.165) is 29.1 Å². The van der Waals surface area contributed by atoms with Gasteiger partial charge < -0.3 is 9.73 Å². The third-order valence-corrected chi connectivity index (χ3v) is 5.74. The molecule has 1 aromatic carbocycles. The fourth-order valence-electron chi connectivity index (χ4n) is 2.95. The summed E-state index contributed by atoms with van der Waals surface area (Å²) in [6.45, 7) is 9.84. The highest BCUT2D eigenvalue weighted by Crippen LogP contribution is 2.32. The molecule has 0 unspecified atom stereocenters. The number of carbonyl (C=O) groups excluding carboxylic acids is 2. The second kappa shape index (κ2) is 8.79. The number of benzene rings is 1. The van der Waals surface area contributed by atoms with Crippen molar-refractivity contribution in [2.24, 2.45) is 0 Å². The van der Waals surface area contributed by atoms with Crippen molar-refractivity contribution in [3.05, 3.63) is 64.6 Å². The molecule has 0 saturated carbocycles. The number of hydrogen-bond acceptors (Lipinski definition) is 6. The Morgan fingerprint density at radius 1 is 1.23 bits per heavy atom. The van der Waals surface area contributed by atoms with Crippen LogP contribution in [-0.2, 0) is 4.79 Å². The van der Waals surface area contributed by atoms with Crippen molar-refractivity contribution in [2.75, 3.05) is 4.90 Å². The van der Waals surface area contributed by atoms with Gasteiger partial charge >= 0.3 is 0 Å². The average molecular weight is 427 g/mol. The molecule has 7 nitrogen and oxygen atoms in total. The highest BCUT2D eigenvalue weighted by molar-refractivity contribution is 7.03. The van der Waals surface area contributed by atoms with Gasteiger partial charge in [0.05, 0.1) is 6.26 Å². The molecule has 0 aliphatic carbocycles. The number of hydrogen-bond donors (Lipinski definition) is 1. The number of furan rings is 1. The summed E-state index contributed by atoms with van der Waals surface area (Å²) in [6, 6.07) is 8.05. The molecular formula is C22H26N4O3S. The molecule has 3 rings (SSSR count). The number of carbonyl (C=O) groups is 2. The van der Waals surface area contributed by atoms with Crippen molar-refractivity contribution < 1.29 is 14.0 Å². The molecule has 0 bridgehead atoms. The zero-order valence-corrected chi connectivity index (χ0v) is 18.6. The molecule has 1 N–H and O–H groups in total. The van der Waals surface area contributed by atoms with E-state index in [9.17, 15) is 9.59 Å². The molecule has 0 saturated heterocycles. The minimum Gasteiger partial charge on any atom is -0.467 e. The Bertz CT molecular complexity index is 1010. The molecule has 30 heavy (non-hydrogen) atoms. The molecule has 0 spiro atoms. The largest absolute Gasteiger partial charge is 0.467 e. The summed E-state index contributed by atoms with van der Waals surface area (Å²) >= 11 is 1.08. The van der Waals surface area contributed by atoms with Gasteiger partial charge in [-0.3, -0.25) is 14.5 Å². The lowest BCUT2D eigenvalue weighted by Crippen LogP contribution is -2.50. The van der Waals surface area contributed by atoms with Gasteiger partial charge in [-0.05, 0) is 81.0 Å². The Morgan fingerprint density at radius 2 is 2.00 bits per heavy atom. The predicted molar refractivity (Wildman–Crippen MR) is 117 cm³/mol. The van der Waals surface area contributed by atoms with Gasteiger partial charge in [-0.1, -0.05) is 17.5 Å². The third-order valence-electron chi connectivity index (χ3n) is 5.23. The molecule has 8 heteroatoms. The van der Waals surface area contributed by atoms with E-state index in [1.54, 1.807) is 17.5 Å². The molecular weight excluding hydrogens is 400 g/mol. The number of rotatable bonds is 7. The lowest BCUT2D eigenvalue weighted by molar-refractivity contribution is -0.124. The number of nitrogens with zero attached hydrogens (tertiary/aromatic N) is 3. The second-order valence-electron chi connectivity index (χ2n) is 7.88. The minimum atomic E-state index is -0.998. The van der Waals surface area contributed by atoms with E-state index >= 15 is 0 Å². The quantitative estimate of drug-likeness (QED) is 0.603. The SMILES string of the molecule is CCC(C)(C)NC(=O)[C@@H](c1ccco1)N(C(=O)c1csnn1)c1ccc(C)c(C)c1. The predicted octanol–water partition coefficient (Wildman–Crippen LogP) is 4.44. The monoisotopic (exact) mass is 426 g/mol. The van der Waals surface area contributed by atoms with Crippen molar-refractivity contribution in [1.29, 1.82) is 0 Å². The number of amides is 2. The summed E-state index contributed by atoms with van der Waals surface area (Å²) in [5, 5.41) is 8.55. The van der Waals surface area contributed by atoms with Crippen LogP contribution in [0.2, 0.25) is 0 Å². The van der Waals surface area contributed by atoms with Crippen LogP contribution in [0.25, 0.3) is 0 Å². The van der Waals surface area contributed by atoms with Gasteiger partial charge in [0.15, 0.2) is 11.7 Å². The third kappa shape index (κ3) is 4.59. The maximum absolute atomic E-state index is 13.5. The minimum absolute atomic E-state index is 0.178. The first-order valence-corrected chi connectivity index (χ1v) is 10.6. The van der Waals surface area contributed by atoms with E-state index in [4.69, 9.17) is 4.42 Å². The van der Waals surface area contributed by atoms with Crippen LogP contribution in [0.3, 0.4) is 0 Å². The van der Waals surface area contributed by atoms with Crippen LogP contribution in [0.4, 0.5) is 5.69 Å². The van der Waals surface area contributed by atoms with Crippen molar-refractivity contribution in [3.63, 3.8) is 0 Å². The standard InChI is InChI=1S/C22H26N4O3S/c1-6-22(4,5)23-20(27)19(18-8-7-11-29-18)26(21(28)17-13-30-25-24-17)16-10-9-14(2)15(3)12-16/h7-13,19H,6H2,1-5H3,(H,23,27)/t19-/m1/s1. The lowest BCUT2D eigenvalue weighted by Gasteiger charge is -2.33. The zero-order valence-electron chi connectivity index (χ0n) is 17.8. The zero-order chi connectivity index (χ0) is 21.9. The highest BCUT2D eigenvalue weighted by atomic mass is 32.1. The van der Waals surface area contributed by atoms with Gasteiger partial charge in [0, 0.05) is 16.6 Å². The van der Waals surface area contributed by atoms with Crippen LogP contribution < -0.4 is 10.2 Å². The van der Waals surface area contributed by atoms with Crippen LogP contribution in [-0.4, -0.2) is 26.9 Å². The Balaban J connectivity index is 2.14. The van der Waals surface area contributed by atoms with Gasteiger partial charge in [-0.2, -0.15) is 0 Å². The number of nitrogens with one attached hydrogen (secondary N) is 1. The van der Waals surface area contributed by atoms with Gasteiger partial charge in [-0.15, -0.1) is 5.10 Å². The fraction of sp³-hybridized carbons (Fsp3) is 0.364. The number of aromatic nitrogens is 2. The Hall–Kier alpha value is -3.00. The van der Waals surface area contributed by atoms with Crippen LogP contribution in [0.5, 0.6) is 0 Å². The Kier molecular flexibility index (Phi) is 6.36. The van der Waals surface area contributed by atoms with Crippen LogP contribution in [0.15, 0.2) is 46.4 Å². The van der Waals surface area contributed by atoms with E-state index in [2.05, 4.69) is 14.9 Å². The van der Waals surface area contributed by atoms with E-state index in [-0.39, 0.29) is 11.6 Å². The molecule has 3 aromatic rings. The second-order valence-corrected chi connectivity index (χ2v) is 8.49. The molecule has 2 aromatic heterocycles. The summed E-state index contributed by atoms with van der Waals surface area (Å²) in [5.41, 5.74) is 2.42. The van der Waals surface area contributed by atoms with Crippen LogP contribution in [0, 0.1) is 13.8 Å². The molecule has 0 aliphatic rings. The molecule has 0 aliphatic heterocycles. The first-order chi connectivity index (χ1) is 14.2. The van der Waals surface area contributed by atoms with Crippen LogP contribution >= 0.6 is 11.5 Å². The first-order valence-electron chi connectivity index (χ1n) is 9.77. The van der Waals surface area contributed by atoms with Crippen LogP contribution in [0.1, 0.15) is 60.6 Å². The van der Waals surface area contributed by atoms with Gasteiger partial charge in [0.1, 0.15) is 5.76 Å². The van der Waals surface area contributed by atoms with Gasteiger partial charge in [0.2, 0.25) is 0 Å². The molecule has 158 valence electrons. The summed E-state index contributed by atoms with van der Waals surface area (Å²) in [4.78, 5) is 28.4. The van der Waals surface area contributed by atoms with Gasteiger partial charge in [0.25, 0.3) is 11.8 Å². The van der Waals surface area contributed by atoms with Crippen molar-refractivity contribution in [2.45, 2.75) is 52.6 Å². The lowest BCUT2D eigenvalue weighted by atomic mass is 10.00. The van der Waals surface area contributed by atoms with E-state index in [1.165, 1.54) is 11.2 Å². The molecule has 2 amide bonds. The smallest absolute Gasteiger partial charge is 0.280 e. The molecule has 0 radical (unpaired) electrons. The first kappa shape index (κ1) is 21.7. The fourth-order valence-corrected chi connectivity index (χ4v) is 3.38. The Labute approximate surface area is 180 Å². The van der Waals surface area contributed by atoms with Crippen molar-refractivity contribution >= 4 is 29.0 Å². The average Bonchev–Trinajstić information content (AvgIpc) is 3.41. The molecule has 2 heterocycles.